The molecule has 0 saturated carbocycles. The van der Waals surface area contributed by atoms with Crippen LogP contribution in [0.1, 0.15) is 16.1 Å². The largest absolute Gasteiger partial charge is 0.320 e. The molecule has 0 saturated heterocycles. The molecule has 1 N–H and O–H groups in total. The molecule has 5 heteroatoms. The number of nitrogens with one attached hydrogen (secondary N) is 1. The Morgan fingerprint density at radius 1 is 0.929 bits per heavy atom. The summed E-state index contributed by atoms with van der Waals surface area (Å²) < 4.78 is 14.2. The fourth-order valence-electron chi connectivity index (χ4n) is 3.05. The van der Waals surface area contributed by atoms with Gasteiger partial charge in [-0.05, 0) is 48.2 Å². The highest BCUT2D eigenvalue weighted by atomic mass is 32.2. The van der Waals surface area contributed by atoms with Gasteiger partial charge < -0.3 is 5.32 Å². The molecule has 1 amide bonds. The number of rotatable bonds is 4. The van der Waals surface area contributed by atoms with E-state index in [4.69, 9.17) is 0 Å². The number of nitrogens with zero attached hydrogens (tertiary/aromatic N) is 1. The molecule has 0 spiro atoms. The summed E-state index contributed by atoms with van der Waals surface area (Å²) in [6, 6.07) is 21.9. The molecule has 0 aliphatic carbocycles. The SMILES string of the molecule is Cc1cccnc1C(=O)Nc1cccc2cccc(Sc3ccccc3F)c12. The van der Waals surface area contributed by atoms with Crippen LogP contribution in [0.2, 0.25) is 0 Å². The summed E-state index contributed by atoms with van der Waals surface area (Å²) in [5.74, 6) is -0.536. The summed E-state index contributed by atoms with van der Waals surface area (Å²) in [5.41, 5.74) is 1.87. The molecule has 138 valence electrons. The van der Waals surface area contributed by atoms with Crippen LogP contribution in [0, 0.1) is 12.7 Å². The molecule has 0 bridgehead atoms. The predicted octanol–water partition coefficient (Wildman–Crippen LogP) is 6.09. The molecule has 0 aliphatic heterocycles. The van der Waals surface area contributed by atoms with Crippen molar-refractivity contribution in [1.29, 1.82) is 0 Å². The molecule has 4 rings (SSSR count). The number of pyridine rings is 1. The fraction of sp³-hybridized carbons (Fsp3) is 0.0435. The van der Waals surface area contributed by atoms with Gasteiger partial charge in [-0.15, -0.1) is 0 Å². The maximum atomic E-state index is 14.2. The number of carbonyl (C=O) groups excluding carboxylic acids is 1. The van der Waals surface area contributed by atoms with Crippen LogP contribution in [0.25, 0.3) is 10.8 Å². The van der Waals surface area contributed by atoms with Gasteiger partial charge in [0.2, 0.25) is 0 Å². The minimum atomic E-state index is -0.268. The molecule has 28 heavy (non-hydrogen) atoms. The molecule has 0 unspecified atom stereocenters. The second kappa shape index (κ2) is 7.82. The lowest BCUT2D eigenvalue weighted by Crippen LogP contribution is -2.15. The van der Waals surface area contributed by atoms with E-state index in [1.807, 2.05) is 55.5 Å². The number of fused-ring (bicyclic) bond motifs is 1. The zero-order valence-corrected chi connectivity index (χ0v) is 16.0. The molecular weight excluding hydrogens is 371 g/mol. The van der Waals surface area contributed by atoms with E-state index in [-0.39, 0.29) is 11.7 Å². The Labute approximate surface area is 166 Å². The van der Waals surface area contributed by atoms with E-state index in [0.29, 0.717) is 16.3 Å². The van der Waals surface area contributed by atoms with Crippen LogP contribution in [-0.2, 0) is 0 Å². The van der Waals surface area contributed by atoms with Gasteiger partial charge in [-0.3, -0.25) is 9.78 Å². The fourth-order valence-corrected chi connectivity index (χ4v) is 4.07. The van der Waals surface area contributed by atoms with Crippen LogP contribution in [0.15, 0.2) is 88.8 Å². The van der Waals surface area contributed by atoms with Crippen molar-refractivity contribution in [3.05, 3.63) is 96.1 Å². The molecule has 0 radical (unpaired) electrons. The molecular formula is C23H17FN2OS. The van der Waals surface area contributed by atoms with Crippen molar-refractivity contribution in [3.63, 3.8) is 0 Å². The van der Waals surface area contributed by atoms with Gasteiger partial charge in [0, 0.05) is 21.4 Å². The molecule has 0 aliphatic rings. The van der Waals surface area contributed by atoms with Gasteiger partial charge in [-0.2, -0.15) is 0 Å². The van der Waals surface area contributed by atoms with Crippen molar-refractivity contribution in [3.8, 4) is 0 Å². The van der Waals surface area contributed by atoms with Crippen LogP contribution in [-0.4, -0.2) is 10.9 Å². The monoisotopic (exact) mass is 388 g/mol. The van der Waals surface area contributed by atoms with E-state index >= 15 is 0 Å². The molecule has 0 fully saturated rings. The van der Waals surface area contributed by atoms with Crippen molar-refractivity contribution in [2.45, 2.75) is 16.7 Å². The third-order valence-electron chi connectivity index (χ3n) is 4.40. The number of carbonyl (C=O) groups is 1. The average Bonchev–Trinajstić information content (AvgIpc) is 2.70. The average molecular weight is 388 g/mol. The molecule has 3 nitrogen and oxygen atoms in total. The van der Waals surface area contributed by atoms with Gasteiger partial charge in [0.1, 0.15) is 11.5 Å². The van der Waals surface area contributed by atoms with E-state index in [1.54, 1.807) is 24.4 Å². The van der Waals surface area contributed by atoms with Gasteiger partial charge in [0.05, 0.1) is 5.69 Å². The zero-order valence-electron chi connectivity index (χ0n) is 15.1. The van der Waals surface area contributed by atoms with E-state index in [0.717, 1.165) is 21.2 Å². The number of hydrogen-bond acceptors (Lipinski definition) is 3. The first kappa shape index (κ1) is 18.2. The number of amides is 1. The Morgan fingerprint density at radius 2 is 1.68 bits per heavy atom. The second-order valence-corrected chi connectivity index (χ2v) is 7.40. The Bertz CT molecular complexity index is 1170. The van der Waals surface area contributed by atoms with E-state index in [1.165, 1.54) is 17.8 Å². The van der Waals surface area contributed by atoms with Crippen LogP contribution >= 0.6 is 11.8 Å². The van der Waals surface area contributed by atoms with E-state index in [2.05, 4.69) is 10.3 Å². The minimum absolute atomic E-state index is 0.267. The first-order valence-electron chi connectivity index (χ1n) is 8.80. The third kappa shape index (κ3) is 3.62. The van der Waals surface area contributed by atoms with Crippen LogP contribution in [0.4, 0.5) is 10.1 Å². The Morgan fingerprint density at radius 3 is 2.46 bits per heavy atom. The predicted molar refractivity (Wildman–Crippen MR) is 111 cm³/mol. The first-order valence-corrected chi connectivity index (χ1v) is 9.62. The smallest absolute Gasteiger partial charge is 0.274 e. The molecule has 1 heterocycles. The summed E-state index contributed by atoms with van der Waals surface area (Å²) >= 11 is 1.34. The second-order valence-electron chi connectivity index (χ2n) is 6.32. The summed E-state index contributed by atoms with van der Waals surface area (Å²) in [5, 5.41) is 4.82. The molecule has 4 aromatic rings. The highest BCUT2D eigenvalue weighted by Gasteiger charge is 2.14. The number of anilines is 1. The number of benzene rings is 3. The highest BCUT2D eigenvalue weighted by molar-refractivity contribution is 7.99. The van der Waals surface area contributed by atoms with Gasteiger partial charge >= 0.3 is 0 Å². The van der Waals surface area contributed by atoms with Crippen LogP contribution in [0.5, 0.6) is 0 Å². The summed E-state index contributed by atoms with van der Waals surface area (Å²) in [4.78, 5) is 18.4. The summed E-state index contributed by atoms with van der Waals surface area (Å²) in [6.45, 7) is 1.85. The Balaban J connectivity index is 1.76. The Hall–Kier alpha value is -3.18. The molecule has 1 aromatic heterocycles. The van der Waals surface area contributed by atoms with Gasteiger partial charge in [0.25, 0.3) is 5.91 Å². The third-order valence-corrected chi connectivity index (χ3v) is 5.51. The maximum Gasteiger partial charge on any atom is 0.274 e. The number of aromatic nitrogens is 1. The van der Waals surface area contributed by atoms with Crippen molar-refractivity contribution in [1.82, 2.24) is 4.98 Å². The normalized spacial score (nSPS) is 10.8. The van der Waals surface area contributed by atoms with E-state index < -0.39 is 0 Å². The van der Waals surface area contributed by atoms with Crippen LogP contribution < -0.4 is 5.32 Å². The summed E-state index contributed by atoms with van der Waals surface area (Å²) in [7, 11) is 0. The maximum absolute atomic E-state index is 14.2. The lowest BCUT2D eigenvalue weighted by atomic mass is 10.1. The molecule has 3 aromatic carbocycles. The molecule has 0 atom stereocenters. The topological polar surface area (TPSA) is 42.0 Å². The number of aryl methyl sites for hydroxylation is 1. The Kier molecular flexibility index (Phi) is 5.08. The van der Waals surface area contributed by atoms with Crippen molar-refractivity contribution in [2.75, 3.05) is 5.32 Å². The van der Waals surface area contributed by atoms with Crippen LogP contribution in [0.3, 0.4) is 0 Å². The van der Waals surface area contributed by atoms with Crippen molar-refractivity contribution >= 4 is 34.1 Å². The van der Waals surface area contributed by atoms with Gasteiger partial charge in [0.15, 0.2) is 0 Å². The lowest BCUT2D eigenvalue weighted by Gasteiger charge is -2.13. The lowest BCUT2D eigenvalue weighted by molar-refractivity contribution is 0.102. The summed E-state index contributed by atoms with van der Waals surface area (Å²) in [6.07, 6.45) is 1.60. The highest BCUT2D eigenvalue weighted by Crippen LogP contribution is 2.38. The standard InChI is InChI=1S/C23H17FN2OS/c1-15-7-6-14-25-22(15)23(27)26-18-11-4-8-16-9-5-13-20(21(16)18)28-19-12-3-2-10-17(19)24/h2-14H,1H3,(H,26,27). The van der Waals surface area contributed by atoms with E-state index in [9.17, 15) is 9.18 Å². The first-order chi connectivity index (χ1) is 13.6. The van der Waals surface area contributed by atoms with Gasteiger partial charge in [-0.25, -0.2) is 4.39 Å². The van der Waals surface area contributed by atoms with Crippen molar-refractivity contribution < 1.29 is 9.18 Å². The number of hydrogen-bond donors (Lipinski definition) is 1. The van der Waals surface area contributed by atoms with Crippen molar-refractivity contribution in [2.24, 2.45) is 0 Å². The number of halogens is 1. The quantitative estimate of drug-likeness (QED) is 0.460. The minimum Gasteiger partial charge on any atom is -0.320 e. The van der Waals surface area contributed by atoms with Gasteiger partial charge in [-0.1, -0.05) is 54.2 Å². The zero-order chi connectivity index (χ0) is 19.5.